The van der Waals surface area contributed by atoms with Gasteiger partial charge in [0.1, 0.15) is 11.4 Å². The molecule has 2 aromatic carbocycles. The number of benzene rings is 2. The van der Waals surface area contributed by atoms with E-state index in [1.807, 2.05) is 4.90 Å². The molecule has 0 unspecified atom stereocenters. The quantitative estimate of drug-likeness (QED) is 0.408. The van der Waals surface area contributed by atoms with E-state index < -0.39 is 17.7 Å². The predicted molar refractivity (Wildman–Crippen MR) is 134 cm³/mol. The maximum Gasteiger partial charge on any atom is 0.416 e. The molecule has 0 bridgehead atoms. The fourth-order valence-electron chi connectivity index (χ4n) is 4.63. The molecule has 3 aromatic rings. The molecule has 38 heavy (non-hydrogen) atoms. The maximum absolute atomic E-state index is 13.7. The van der Waals surface area contributed by atoms with Gasteiger partial charge in [0.25, 0.3) is 5.91 Å². The normalized spacial score (nSPS) is 12.9. The Balaban J connectivity index is 1.51. The van der Waals surface area contributed by atoms with E-state index in [-0.39, 0.29) is 44.0 Å². The second-order valence-corrected chi connectivity index (χ2v) is 9.12. The van der Waals surface area contributed by atoms with Crippen molar-refractivity contribution in [3.05, 3.63) is 81.5 Å². The summed E-state index contributed by atoms with van der Waals surface area (Å²) in [5.74, 6) is -0.226. The van der Waals surface area contributed by atoms with Crippen molar-refractivity contribution in [2.45, 2.75) is 45.6 Å². The van der Waals surface area contributed by atoms with Crippen molar-refractivity contribution in [2.24, 2.45) is 0 Å². The summed E-state index contributed by atoms with van der Waals surface area (Å²) in [6, 6.07) is 10.9. The summed E-state index contributed by atoms with van der Waals surface area (Å²) in [6.07, 6.45) is -4.12. The first-order chi connectivity index (χ1) is 18.1. The van der Waals surface area contributed by atoms with E-state index >= 15 is 0 Å². The van der Waals surface area contributed by atoms with Gasteiger partial charge in [0.15, 0.2) is 0 Å². The summed E-state index contributed by atoms with van der Waals surface area (Å²) >= 11 is 0. The Kier molecular flexibility index (Phi) is 8.05. The number of anilines is 1. The smallest absolute Gasteiger partial charge is 0.416 e. The summed E-state index contributed by atoms with van der Waals surface area (Å²) in [6.45, 7) is 2.96. The van der Waals surface area contributed by atoms with Crippen molar-refractivity contribution in [1.82, 2.24) is 15.1 Å². The van der Waals surface area contributed by atoms with Crippen LogP contribution in [0.15, 0.2) is 42.5 Å². The van der Waals surface area contributed by atoms with E-state index in [1.54, 1.807) is 41.9 Å². The van der Waals surface area contributed by atoms with Gasteiger partial charge in [-0.25, -0.2) is 9.48 Å². The molecule has 1 aromatic heterocycles. The first kappa shape index (κ1) is 27.2. The molecule has 0 atom stereocenters. The maximum atomic E-state index is 13.7. The molecule has 11 heteroatoms. The highest BCUT2D eigenvalue weighted by Crippen LogP contribution is 2.35. The van der Waals surface area contributed by atoms with Crippen molar-refractivity contribution in [3.8, 4) is 0 Å². The lowest BCUT2D eigenvalue weighted by Gasteiger charge is -2.21. The van der Waals surface area contributed by atoms with Crippen LogP contribution in [0.4, 0.5) is 19.0 Å². The van der Waals surface area contributed by atoms with Crippen LogP contribution in [0.1, 0.15) is 55.1 Å². The van der Waals surface area contributed by atoms with Gasteiger partial charge in [-0.05, 0) is 54.7 Å². The van der Waals surface area contributed by atoms with Gasteiger partial charge in [0, 0.05) is 26.2 Å². The topological polar surface area (TPSA) is 96.7 Å². The third kappa shape index (κ3) is 5.83. The number of amides is 1. The van der Waals surface area contributed by atoms with Gasteiger partial charge in [-0.1, -0.05) is 24.3 Å². The number of nitrogens with zero attached hydrogens (tertiary/aromatic N) is 3. The van der Waals surface area contributed by atoms with Crippen LogP contribution in [0, 0.1) is 6.92 Å². The third-order valence-electron chi connectivity index (χ3n) is 6.49. The molecule has 1 amide bonds. The summed E-state index contributed by atoms with van der Waals surface area (Å²) < 4.78 is 47.6. The molecule has 0 saturated heterocycles. The second kappa shape index (κ2) is 11.3. The number of esters is 1. The number of ether oxygens (including phenoxy) is 1. The van der Waals surface area contributed by atoms with Crippen LogP contribution >= 0.6 is 0 Å². The number of rotatable bonds is 9. The van der Waals surface area contributed by atoms with Crippen LogP contribution in [0.25, 0.3) is 0 Å². The number of carbonyl (C=O) groups is 2. The van der Waals surface area contributed by atoms with Crippen molar-refractivity contribution in [3.63, 3.8) is 0 Å². The SMILES string of the molecule is COC(=O)c1ccc(CNC(=O)c2c(C)nn3c2N(Cc2ccc(CCCO)c(C(F)(F)F)c2)CC3)cc1. The van der Waals surface area contributed by atoms with E-state index in [4.69, 9.17) is 5.11 Å². The minimum atomic E-state index is -4.51. The van der Waals surface area contributed by atoms with Crippen LogP contribution in [0.5, 0.6) is 0 Å². The van der Waals surface area contributed by atoms with Crippen molar-refractivity contribution >= 4 is 17.7 Å². The predicted octanol–water partition coefficient (Wildman–Crippen LogP) is 3.87. The molecule has 0 aliphatic carbocycles. The molecule has 202 valence electrons. The summed E-state index contributed by atoms with van der Waals surface area (Å²) in [5, 5.41) is 16.4. The summed E-state index contributed by atoms with van der Waals surface area (Å²) in [5.41, 5.74) is 2.00. The number of fused-ring (bicyclic) bond motifs is 1. The van der Waals surface area contributed by atoms with Crippen LogP contribution in [0.2, 0.25) is 0 Å². The Labute approximate surface area is 218 Å². The van der Waals surface area contributed by atoms with Gasteiger partial charge in [0.05, 0.1) is 30.5 Å². The molecule has 4 rings (SSSR count). The Bertz CT molecular complexity index is 1320. The standard InChI is InChI=1S/C27H29F3N4O4/c1-17-23(24(36)31-15-18-5-9-21(10-6-18)26(37)38-2)25-33(11-12-34(25)32-17)16-19-7-8-20(4-3-13-35)22(14-19)27(28,29)30/h5-10,14,35H,3-4,11-13,15-16H2,1-2H3,(H,31,36). The minimum absolute atomic E-state index is 0.136. The zero-order valence-electron chi connectivity index (χ0n) is 21.1. The fourth-order valence-corrected chi connectivity index (χ4v) is 4.63. The van der Waals surface area contributed by atoms with Gasteiger partial charge in [-0.3, -0.25) is 4.79 Å². The van der Waals surface area contributed by atoms with Gasteiger partial charge < -0.3 is 20.1 Å². The average Bonchev–Trinajstić information content (AvgIpc) is 3.43. The Morgan fingerprint density at radius 2 is 1.82 bits per heavy atom. The number of aliphatic hydroxyl groups is 1. The lowest BCUT2D eigenvalue weighted by atomic mass is 9.99. The fraction of sp³-hybridized carbons (Fsp3) is 0.370. The lowest BCUT2D eigenvalue weighted by molar-refractivity contribution is -0.138. The largest absolute Gasteiger partial charge is 0.465 e. The number of alkyl halides is 3. The molecule has 0 fully saturated rings. The summed E-state index contributed by atoms with van der Waals surface area (Å²) in [4.78, 5) is 26.6. The van der Waals surface area contributed by atoms with Crippen molar-refractivity contribution < 1.29 is 32.6 Å². The number of hydrogen-bond acceptors (Lipinski definition) is 6. The Hall–Kier alpha value is -3.86. The average molecular weight is 531 g/mol. The van der Waals surface area contributed by atoms with Crippen LogP contribution in [0.3, 0.4) is 0 Å². The third-order valence-corrected chi connectivity index (χ3v) is 6.49. The molecular formula is C27H29F3N4O4. The van der Waals surface area contributed by atoms with Crippen LogP contribution in [-0.2, 0) is 37.0 Å². The molecule has 2 heterocycles. The van der Waals surface area contributed by atoms with E-state index in [2.05, 4.69) is 15.2 Å². The highest BCUT2D eigenvalue weighted by molar-refractivity contribution is 6.00. The van der Waals surface area contributed by atoms with Gasteiger partial charge >= 0.3 is 12.1 Å². The molecular weight excluding hydrogens is 501 g/mol. The highest BCUT2D eigenvalue weighted by Gasteiger charge is 2.34. The molecule has 1 aliphatic heterocycles. The number of carbonyl (C=O) groups excluding carboxylic acids is 2. The van der Waals surface area contributed by atoms with Crippen molar-refractivity contribution in [1.29, 1.82) is 0 Å². The van der Waals surface area contributed by atoms with E-state index in [0.717, 1.165) is 11.6 Å². The number of halogens is 3. The van der Waals surface area contributed by atoms with Crippen LogP contribution in [-0.4, -0.2) is 47.0 Å². The number of aliphatic hydroxyl groups excluding tert-OH is 1. The Morgan fingerprint density at radius 3 is 2.47 bits per heavy atom. The highest BCUT2D eigenvalue weighted by atomic mass is 19.4. The molecule has 2 N–H and O–H groups in total. The van der Waals surface area contributed by atoms with Gasteiger partial charge in [-0.15, -0.1) is 0 Å². The zero-order chi connectivity index (χ0) is 27.4. The molecule has 0 radical (unpaired) electrons. The zero-order valence-corrected chi connectivity index (χ0v) is 21.1. The molecule has 0 spiro atoms. The first-order valence-electron chi connectivity index (χ1n) is 12.2. The van der Waals surface area contributed by atoms with Crippen LogP contribution < -0.4 is 10.2 Å². The van der Waals surface area contributed by atoms with E-state index in [1.165, 1.54) is 13.2 Å². The van der Waals surface area contributed by atoms with Gasteiger partial charge in [-0.2, -0.15) is 18.3 Å². The molecule has 1 aliphatic rings. The number of aryl methyl sites for hydroxylation is 2. The molecule has 8 nitrogen and oxygen atoms in total. The summed E-state index contributed by atoms with van der Waals surface area (Å²) in [7, 11) is 1.30. The first-order valence-corrected chi connectivity index (χ1v) is 12.2. The monoisotopic (exact) mass is 530 g/mol. The number of hydrogen-bond donors (Lipinski definition) is 2. The number of aromatic nitrogens is 2. The lowest BCUT2D eigenvalue weighted by Crippen LogP contribution is -2.27. The van der Waals surface area contributed by atoms with E-state index in [0.29, 0.717) is 41.3 Å². The molecule has 0 saturated carbocycles. The van der Waals surface area contributed by atoms with Crippen molar-refractivity contribution in [2.75, 3.05) is 25.2 Å². The van der Waals surface area contributed by atoms with Gasteiger partial charge in [0.2, 0.25) is 0 Å². The van der Waals surface area contributed by atoms with E-state index in [9.17, 15) is 22.8 Å². The minimum Gasteiger partial charge on any atom is -0.465 e. The second-order valence-electron chi connectivity index (χ2n) is 9.12. The number of methoxy groups -OCH3 is 1. The number of nitrogens with one attached hydrogen (secondary N) is 1. The Morgan fingerprint density at radius 1 is 1.11 bits per heavy atom.